The second-order valence-electron chi connectivity index (χ2n) is 5.87. The third-order valence-corrected chi connectivity index (χ3v) is 4.89. The maximum absolute atomic E-state index is 13.1. The van der Waals surface area contributed by atoms with Crippen LogP contribution in [0.5, 0.6) is 5.75 Å². The van der Waals surface area contributed by atoms with Crippen molar-refractivity contribution >= 4 is 11.8 Å². The maximum atomic E-state index is 13.1. The minimum atomic E-state index is -0.216. The van der Waals surface area contributed by atoms with Crippen LogP contribution < -0.4 is 73.6 Å². The molecule has 1 aliphatic rings. The standard InChI is InChI=1S/C19H20FO2S.Cs/c1-13-8-19(22-11-13)23-18-5-3-4-17(10-18)21-12-15-6-7-16(20)9-14(15)2;/h3-7,9-11,13,19H,8,12H2,1-2H3;/q-1;+1/t13-,19?;/m1./s1. The second-order valence-corrected chi connectivity index (χ2v) is 7.10. The van der Waals surface area contributed by atoms with E-state index in [2.05, 4.69) is 13.0 Å². The molecule has 0 radical (unpaired) electrons. The molecule has 0 bridgehead atoms. The molecule has 1 heterocycles. The van der Waals surface area contributed by atoms with Crippen LogP contribution in [-0.2, 0) is 11.3 Å². The summed E-state index contributed by atoms with van der Waals surface area (Å²) in [5.41, 5.74) is 2.08. The van der Waals surface area contributed by atoms with Gasteiger partial charge in [-0.25, -0.2) is 11.0 Å². The van der Waals surface area contributed by atoms with Crippen LogP contribution in [0.15, 0.2) is 47.4 Å². The predicted octanol–water partition coefficient (Wildman–Crippen LogP) is 2.35. The molecule has 0 aromatic heterocycles. The number of ether oxygens (including phenoxy) is 2. The van der Waals surface area contributed by atoms with Crippen molar-refractivity contribution in [1.29, 1.82) is 0 Å². The first kappa shape index (κ1) is 20.8. The van der Waals surface area contributed by atoms with Crippen molar-refractivity contribution in [3.8, 4) is 5.75 Å². The Morgan fingerprint density at radius 3 is 2.83 bits per heavy atom. The Kier molecular flexibility index (Phi) is 8.70. The Balaban J connectivity index is 0.00000208. The molecule has 3 rings (SSSR count). The van der Waals surface area contributed by atoms with E-state index in [1.165, 1.54) is 12.1 Å². The zero-order valence-electron chi connectivity index (χ0n) is 14.3. The molecule has 1 unspecified atom stereocenters. The van der Waals surface area contributed by atoms with E-state index in [1.807, 2.05) is 31.7 Å². The van der Waals surface area contributed by atoms with Gasteiger partial charge in [-0.2, -0.15) is 0 Å². The van der Waals surface area contributed by atoms with Gasteiger partial charge >= 0.3 is 68.9 Å². The average Bonchev–Trinajstić information content (AvgIpc) is 2.92. The summed E-state index contributed by atoms with van der Waals surface area (Å²) in [7, 11) is 0. The van der Waals surface area contributed by atoms with Crippen molar-refractivity contribution in [2.75, 3.05) is 0 Å². The van der Waals surface area contributed by atoms with Crippen LogP contribution in [0.1, 0.15) is 24.5 Å². The van der Waals surface area contributed by atoms with Gasteiger partial charge in [-0.1, -0.05) is 30.8 Å². The van der Waals surface area contributed by atoms with E-state index < -0.39 is 0 Å². The van der Waals surface area contributed by atoms with Gasteiger partial charge in [-0.15, -0.1) is 5.92 Å². The molecule has 2 nitrogen and oxygen atoms in total. The predicted molar refractivity (Wildman–Crippen MR) is 90.7 cm³/mol. The topological polar surface area (TPSA) is 18.5 Å². The first-order valence-corrected chi connectivity index (χ1v) is 8.61. The maximum Gasteiger partial charge on any atom is 1.00 e. The van der Waals surface area contributed by atoms with E-state index in [1.54, 1.807) is 17.8 Å². The van der Waals surface area contributed by atoms with E-state index in [0.29, 0.717) is 12.5 Å². The van der Waals surface area contributed by atoms with E-state index in [0.717, 1.165) is 28.2 Å². The van der Waals surface area contributed by atoms with Crippen LogP contribution >= 0.6 is 11.8 Å². The molecule has 2 aromatic carbocycles. The van der Waals surface area contributed by atoms with Crippen molar-refractivity contribution in [3.63, 3.8) is 0 Å². The number of hydrogen-bond acceptors (Lipinski definition) is 3. The van der Waals surface area contributed by atoms with E-state index >= 15 is 0 Å². The summed E-state index contributed by atoms with van der Waals surface area (Å²) in [6, 6.07) is 12.8. The van der Waals surface area contributed by atoms with Gasteiger partial charge in [0.15, 0.2) is 0 Å². The molecular weight excluding hydrogens is 444 g/mol. The normalized spacial score (nSPS) is 19.8. The smallest absolute Gasteiger partial charge is 0.542 e. The molecule has 0 spiro atoms. The third kappa shape index (κ3) is 6.06. The minimum Gasteiger partial charge on any atom is -0.542 e. The first-order chi connectivity index (χ1) is 11.1. The largest absolute Gasteiger partial charge is 1.00 e. The van der Waals surface area contributed by atoms with Crippen LogP contribution in [0.4, 0.5) is 4.39 Å². The molecule has 0 saturated carbocycles. The van der Waals surface area contributed by atoms with Crippen LogP contribution in [0.2, 0.25) is 0 Å². The van der Waals surface area contributed by atoms with Crippen molar-refractivity contribution < 1.29 is 82.8 Å². The van der Waals surface area contributed by atoms with Gasteiger partial charge in [0.25, 0.3) is 0 Å². The minimum absolute atomic E-state index is 0. The molecule has 5 heteroatoms. The Morgan fingerprint density at radius 1 is 1.29 bits per heavy atom. The number of rotatable bonds is 5. The molecule has 0 amide bonds. The zero-order valence-corrected chi connectivity index (χ0v) is 21.4. The molecule has 0 aliphatic carbocycles. The summed E-state index contributed by atoms with van der Waals surface area (Å²) >= 11 is 1.71. The van der Waals surface area contributed by atoms with Crippen LogP contribution in [0.25, 0.3) is 0 Å². The van der Waals surface area contributed by atoms with E-state index in [-0.39, 0.29) is 80.1 Å². The Morgan fingerprint density at radius 2 is 2.12 bits per heavy atom. The fourth-order valence-electron chi connectivity index (χ4n) is 2.48. The molecule has 1 saturated heterocycles. The van der Waals surface area contributed by atoms with Crippen molar-refractivity contribution in [1.82, 2.24) is 0 Å². The molecule has 2 atom stereocenters. The van der Waals surface area contributed by atoms with Crippen molar-refractivity contribution in [2.24, 2.45) is 5.92 Å². The van der Waals surface area contributed by atoms with Gasteiger partial charge in [0, 0.05) is 4.90 Å². The van der Waals surface area contributed by atoms with Crippen LogP contribution in [0.3, 0.4) is 0 Å². The van der Waals surface area contributed by atoms with Crippen LogP contribution in [0, 0.1) is 25.3 Å². The third-order valence-electron chi connectivity index (χ3n) is 3.80. The van der Waals surface area contributed by atoms with Gasteiger partial charge in [0.05, 0.1) is 5.44 Å². The fraction of sp³-hybridized carbons (Fsp3) is 0.316. The van der Waals surface area contributed by atoms with Gasteiger partial charge in [0.2, 0.25) is 0 Å². The Hall–Kier alpha value is 0.532. The quantitative estimate of drug-likeness (QED) is 0.634. The zero-order chi connectivity index (χ0) is 16.2. The number of hydrogen-bond donors (Lipinski definition) is 0. The average molecular weight is 464 g/mol. The molecule has 2 aromatic rings. The molecule has 1 fully saturated rings. The monoisotopic (exact) mass is 464 g/mol. The summed E-state index contributed by atoms with van der Waals surface area (Å²) in [6.07, 6.45) is 1.03. The number of halogens is 1. The van der Waals surface area contributed by atoms with E-state index in [9.17, 15) is 4.39 Å². The van der Waals surface area contributed by atoms with E-state index in [4.69, 9.17) is 9.47 Å². The van der Waals surface area contributed by atoms with Crippen molar-refractivity contribution in [2.45, 2.75) is 37.2 Å². The Labute approximate surface area is 206 Å². The molecule has 122 valence electrons. The fourth-order valence-corrected chi connectivity index (χ4v) is 3.65. The number of benzene rings is 2. The number of aryl methyl sites for hydroxylation is 1. The second kappa shape index (κ2) is 10.0. The first-order valence-electron chi connectivity index (χ1n) is 7.73. The molecule has 0 N–H and O–H groups in total. The van der Waals surface area contributed by atoms with Gasteiger partial charge < -0.3 is 9.47 Å². The van der Waals surface area contributed by atoms with Gasteiger partial charge in [-0.3, -0.25) is 0 Å². The van der Waals surface area contributed by atoms with Crippen LogP contribution in [-0.4, -0.2) is 5.44 Å². The number of thioether (sulfide) groups is 1. The summed E-state index contributed by atoms with van der Waals surface area (Å²) < 4.78 is 24.6. The molecule has 1 aliphatic heterocycles. The summed E-state index contributed by atoms with van der Waals surface area (Å²) in [4.78, 5) is 1.13. The van der Waals surface area contributed by atoms with Gasteiger partial charge in [-0.05, 0) is 54.8 Å². The summed E-state index contributed by atoms with van der Waals surface area (Å²) in [6.45, 7) is 6.40. The molecular formula is C19H20CsFO2S. The summed E-state index contributed by atoms with van der Waals surface area (Å²) in [5, 5.41) is 0. The molecule has 24 heavy (non-hydrogen) atoms. The SMILES string of the molecule is Cc1cc(F)ccc1COc1cccc(SC2C[C@@H](C)[CH-]O2)c1.[Cs+]. The van der Waals surface area contributed by atoms with Gasteiger partial charge in [0.1, 0.15) is 18.2 Å². The Bertz CT molecular complexity index is 680. The van der Waals surface area contributed by atoms with Crippen molar-refractivity contribution in [3.05, 3.63) is 66.0 Å². The summed E-state index contributed by atoms with van der Waals surface area (Å²) in [5.74, 6) is 1.11.